The van der Waals surface area contributed by atoms with Crippen LogP contribution in [0.1, 0.15) is 5.56 Å². The van der Waals surface area contributed by atoms with Crippen LogP contribution in [0.15, 0.2) is 48.7 Å². The number of hydrogen-bond acceptors (Lipinski definition) is 5. The van der Waals surface area contributed by atoms with Gasteiger partial charge >= 0.3 is 0 Å². The van der Waals surface area contributed by atoms with Gasteiger partial charge < -0.3 is 19.9 Å². The van der Waals surface area contributed by atoms with E-state index in [4.69, 9.17) is 4.74 Å². The van der Waals surface area contributed by atoms with Crippen molar-refractivity contribution in [3.05, 3.63) is 54.2 Å². The number of benzene rings is 1. The molecule has 0 bridgehead atoms. The van der Waals surface area contributed by atoms with E-state index >= 15 is 0 Å². The first kappa shape index (κ1) is 17.8. The van der Waals surface area contributed by atoms with Crippen LogP contribution in [0.2, 0.25) is 0 Å². The predicted molar refractivity (Wildman–Crippen MR) is 106 cm³/mol. The Kier molecular flexibility index (Phi) is 5.25. The van der Waals surface area contributed by atoms with Crippen LogP contribution in [0.3, 0.4) is 0 Å². The molecule has 142 valence electrons. The summed E-state index contributed by atoms with van der Waals surface area (Å²) in [5.41, 5.74) is 2.52. The third-order valence-electron chi connectivity index (χ3n) is 5.54. The van der Waals surface area contributed by atoms with Crippen molar-refractivity contribution in [2.45, 2.75) is 12.5 Å². The molecule has 6 heteroatoms. The van der Waals surface area contributed by atoms with E-state index in [2.05, 4.69) is 44.4 Å². The van der Waals surface area contributed by atoms with Crippen molar-refractivity contribution in [3.8, 4) is 0 Å². The highest BCUT2D eigenvalue weighted by molar-refractivity contribution is 5.82. The van der Waals surface area contributed by atoms with Crippen LogP contribution in [-0.2, 0) is 16.0 Å². The number of amides is 1. The molecule has 1 N–H and O–H groups in total. The van der Waals surface area contributed by atoms with E-state index in [0.29, 0.717) is 13.2 Å². The first-order chi connectivity index (χ1) is 13.3. The molecule has 6 nitrogen and oxygen atoms in total. The fourth-order valence-corrected chi connectivity index (χ4v) is 4.21. The maximum atomic E-state index is 13.0. The molecule has 1 fully saturated rings. The van der Waals surface area contributed by atoms with Gasteiger partial charge in [-0.05, 0) is 30.2 Å². The topological polar surface area (TPSA) is 57.7 Å². The summed E-state index contributed by atoms with van der Waals surface area (Å²) in [4.78, 5) is 22.2. The Balaban J connectivity index is 1.59. The van der Waals surface area contributed by atoms with Crippen molar-refractivity contribution in [2.75, 3.05) is 49.7 Å². The van der Waals surface area contributed by atoms with Gasteiger partial charge in [-0.2, -0.15) is 0 Å². The van der Waals surface area contributed by atoms with E-state index in [9.17, 15) is 4.79 Å². The van der Waals surface area contributed by atoms with E-state index in [0.717, 1.165) is 31.9 Å². The number of methoxy groups -OCH3 is 1. The van der Waals surface area contributed by atoms with Gasteiger partial charge in [-0.3, -0.25) is 4.79 Å². The molecule has 0 spiro atoms. The average Bonchev–Trinajstić information content (AvgIpc) is 2.73. The number of carbonyl (C=O) groups is 1. The summed E-state index contributed by atoms with van der Waals surface area (Å²) < 4.78 is 5.08. The highest BCUT2D eigenvalue weighted by atomic mass is 16.5. The summed E-state index contributed by atoms with van der Waals surface area (Å²) in [5, 5.41) is 3.05. The van der Waals surface area contributed by atoms with Crippen LogP contribution in [0, 0.1) is 5.92 Å². The van der Waals surface area contributed by atoms with Crippen LogP contribution in [0.4, 0.5) is 11.5 Å². The minimum absolute atomic E-state index is 0.0803. The average molecular weight is 366 g/mol. The molecule has 0 radical (unpaired) electrons. The number of para-hydroxylation sites is 1. The van der Waals surface area contributed by atoms with Gasteiger partial charge in [0.1, 0.15) is 5.82 Å². The van der Waals surface area contributed by atoms with Crippen LogP contribution < -0.4 is 15.1 Å². The number of nitrogens with one attached hydrogen (secondary N) is 1. The molecule has 2 unspecified atom stereocenters. The third kappa shape index (κ3) is 3.62. The van der Waals surface area contributed by atoms with Crippen molar-refractivity contribution in [1.82, 2.24) is 10.3 Å². The number of fused-ring (bicyclic) bond motifs is 3. The van der Waals surface area contributed by atoms with Crippen LogP contribution >= 0.6 is 0 Å². The Morgan fingerprint density at radius 2 is 2.07 bits per heavy atom. The first-order valence-corrected chi connectivity index (χ1v) is 9.55. The third-order valence-corrected chi connectivity index (χ3v) is 5.54. The van der Waals surface area contributed by atoms with Gasteiger partial charge in [-0.15, -0.1) is 0 Å². The van der Waals surface area contributed by atoms with E-state index in [1.54, 1.807) is 7.11 Å². The van der Waals surface area contributed by atoms with Crippen LogP contribution in [0.25, 0.3) is 0 Å². The van der Waals surface area contributed by atoms with Gasteiger partial charge in [0.15, 0.2) is 0 Å². The molecule has 2 atom stereocenters. The largest absolute Gasteiger partial charge is 0.383 e. The van der Waals surface area contributed by atoms with Crippen molar-refractivity contribution >= 4 is 17.4 Å². The Morgan fingerprint density at radius 1 is 1.22 bits per heavy atom. The molecule has 1 aromatic heterocycles. The molecule has 27 heavy (non-hydrogen) atoms. The standard InChI is InChI=1S/C21H26N4O2/c1-27-13-10-23-21(26)17-14-16-6-2-3-7-18(16)25-12-11-24(15-19(17)25)20-8-4-5-9-22-20/h2-9,17,19H,10-15H2,1H3,(H,23,26). The smallest absolute Gasteiger partial charge is 0.225 e. The van der Waals surface area contributed by atoms with Gasteiger partial charge in [0.05, 0.1) is 18.6 Å². The van der Waals surface area contributed by atoms with Crippen molar-refractivity contribution in [1.29, 1.82) is 0 Å². The number of ether oxygens (including phenoxy) is 1. The molecule has 2 aromatic rings. The molecular weight excluding hydrogens is 340 g/mol. The zero-order chi connectivity index (χ0) is 18.6. The van der Waals surface area contributed by atoms with E-state index < -0.39 is 0 Å². The SMILES string of the molecule is COCCNC(=O)C1Cc2ccccc2N2CCN(c3ccccn3)CC12. The Morgan fingerprint density at radius 3 is 2.89 bits per heavy atom. The Hall–Kier alpha value is -2.60. The minimum Gasteiger partial charge on any atom is -0.383 e. The summed E-state index contributed by atoms with van der Waals surface area (Å²) in [5.74, 6) is 1.01. The highest BCUT2D eigenvalue weighted by Gasteiger charge is 2.41. The van der Waals surface area contributed by atoms with Crippen molar-refractivity contribution < 1.29 is 9.53 Å². The predicted octanol–water partition coefficient (Wildman–Crippen LogP) is 1.71. The van der Waals surface area contributed by atoms with Gasteiger partial charge in [-0.25, -0.2) is 4.98 Å². The minimum atomic E-state index is -0.0803. The summed E-state index contributed by atoms with van der Waals surface area (Å²) in [6, 6.07) is 14.6. The fourth-order valence-electron chi connectivity index (χ4n) is 4.21. The molecular formula is C21H26N4O2. The van der Waals surface area contributed by atoms with Crippen LogP contribution in [-0.4, -0.2) is 56.8 Å². The summed E-state index contributed by atoms with van der Waals surface area (Å²) >= 11 is 0. The maximum Gasteiger partial charge on any atom is 0.225 e. The van der Waals surface area contributed by atoms with Crippen LogP contribution in [0.5, 0.6) is 0 Å². The summed E-state index contributed by atoms with van der Waals surface area (Å²) in [6.07, 6.45) is 2.60. The van der Waals surface area contributed by atoms with Gasteiger partial charge in [0.2, 0.25) is 5.91 Å². The molecule has 2 aliphatic heterocycles. The molecule has 2 aliphatic rings. The van der Waals surface area contributed by atoms with E-state index in [1.165, 1.54) is 11.3 Å². The number of hydrogen-bond donors (Lipinski definition) is 1. The monoisotopic (exact) mass is 366 g/mol. The number of nitrogens with zero attached hydrogens (tertiary/aromatic N) is 3. The molecule has 1 saturated heterocycles. The lowest BCUT2D eigenvalue weighted by Crippen LogP contribution is -2.61. The molecule has 0 saturated carbocycles. The molecule has 4 rings (SSSR count). The zero-order valence-electron chi connectivity index (χ0n) is 15.7. The first-order valence-electron chi connectivity index (χ1n) is 9.55. The summed E-state index contributed by atoms with van der Waals surface area (Å²) in [6.45, 7) is 3.67. The molecule has 1 amide bonds. The second-order valence-corrected chi connectivity index (χ2v) is 7.12. The van der Waals surface area contributed by atoms with Gasteiger partial charge in [-0.1, -0.05) is 24.3 Å². The lowest BCUT2D eigenvalue weighted by atomic mass is 9.83. The van der Waals surface area contributed by atoms with E-state index in [-0.39, 0.29) is 17.9 Å². The highest BCUT2D eigenvalue weighted by Crippen LogP contribution is 2.36. The zero-order valence-corrected chi connectivity index (χ0v) is 15.7. The second kappa shape index (κ2) is 7.96. The lowest BCUT2D eigenvalue weighted by Gasteiger charge is -2.49. The number of aromatic nitrogens is 1. The quantitative estimate of drug-likeness (QED) is 0.817. The van der Waals surface area contributed by atoms with E-state index in [1.807, 2.05) is 24.4 Å². The Labute approximate surface area is 160 Å². The number of rotatable bonds is 5. The number of pyridine rings is 1. The maximum absolute atomic E-state index is 13.0. The number of piperazine rings is 1. The number of anilines is 2. The molecule has 3 heterocycles. The normalized spacial score (nSPS) is 21.4. The fraction of sp³-hybridized carbons (Fsp3) is 0.429. The van der Waals surface area contributed by atoms with Gasteiger partial charge in [0.25, 0.3) is 0 Å². The van der Waals surface area contributed by atoms with Crippen molar-refractivity contribution in [2.24, 2.45) is 5.92 Å². The second-order valence-electron chi connectivity index (χ2n) is 7.12. The van der Waals surface area contributed by atoms with Crippen molar-refractivity contribution in [3.63, 3.8) is 0 Å². The summed E-state index contributed by atoms with van der Waals surface area (Å²) in [7, 11) is 1.65. The number of carbonyl (C=O) groups excluding carboxylic acids is 1. The molecule has 0 aliphatic carbocycles. The molecule has 1 aromatic carbocycles. The Bertz CT molecular complexity index is 783. The lowest BCUT2D eigenvalue weighted by molar-refractivity contribution is -0.126. The van der Waals surface area contributed by atoms with Gasteiger partial charge in [0, 0.05) is 45.2 Å².